The van der Waals surface area contributed by atoms with Crippen molar-refractivity contribution < 1.29 is 13.9 Å². The van der Waals surface area contributed by atoms with E-state index in [2.05, 4.69) is 5.32 Å². The van der Waals surface area contributed by atoms with Crippen molar-refractivity contribution in [2.75, 3.05) is 17.6 Å². The predicted octanol–water partition coefficient (Wildman–Crippen LogP) is 5.68. The normalized spacial score (nSPS) is 15.9. The molecular weight excluding hydrogens is 387 g/mol. The first-order chi connectivity index (χ1) is 14.2. The van der Waals surface area contributed by atoms with E-state index in [9.17, 15) is 9.18 Å². The van der Waals surface area contributed by atoms with Crippen LogP contribution in [0.25, 0.3) is 0 Å². The molecule has 3 aromatic rings. The Morgan fingerprint density at radius 3 is 2.52 bits per heavy atom. The molecule has 6 heteroatoms. The van der Waals surface area contributed by atoms with Crippen LogP contribution in [-0.2, 0) is 6.61 Å². The molecule has 1 saturated heterocycles. The Hall–Kier alpha value is -2.99. The lowest BCUT2D eigenvalue weighted by atomic mass is 10.2. The number of hydrogen-bond donors (Lipinski definition) is 1. The number of carbonyl (C=O) groups is 1. The summed E-state index contributed by atoms with van der Waals surface area (Å²) in [5.41, 5.74) is 2.32. The van der Waals surface area contributed by atoms with E-state index in [-0.39, 0.29) is 17.1 Å². The molecule has 1 heterocycles. The van der Waals surface area contributed by atoms with Crippen LogP contribution in [0.2, 0.25) is 0 Å². The Morgan fingerprint density at radius 1 is 1.03 bits per heavy atom. The van der Waals surface area contributed by atoms with E-state index in [1.165, 1.54) is 6.07 Å². The molecule has 4 nitrogen and oxygen atoms in total. The maximum absolute atomic E-state index is 13.8. The number of amides is 2. The summed E-state index contributed by atoms with van der Waals surface area (Å²) in [5, 5.41) is 2.57. The van der Waals surface area contributed by atoms with E-state index >= 15 is 0 Å². The lowest BCUT2D eigenvalue weighted by Gasteiger charge is -2.24. The van der Waals surface area contributed by atoms with Gasteiger partial charge in [-0.05, 0) is 35.4 Å². The molecule has 0 aromatic heterocycles. The van der Waals surface area contributed by atoms with Gasteiger partial charge in [0.25, 0.3) is 0 Å². The summed E-state index contributed by atoms with van der Waals surface area (Å²) < 4.78 is 19.7. The molecule has 0 radical (unpaired) electrons. The SMILES string of the molecule is O=C(Nc1ccccc1F)N1CCS[C@H]1c1ccc(OCc2ccccc2)cc1. The largest absolute Gasteiger partial charge is 0.489 e. The number of nitrogens with one attached hydrogen (secondary N) is 1. The summed E-state index contributed by atoms with van der Waals surface area (Å²) in [6.45, 7) is 1.12. The van der Waals surface area contributed by atoms with Crippen molar-refractivity contribution in [2.24, 2.45) is 0 Å². The van der Waals surface area contributed by atoms with E-state index in [0.717, 1.165) is 22.6 Å². The molecule has 0 aliphatic carbocycles. The van der Waals surface area contributed by atoms with Gasteiger partial charge in [0.2, 0.25) is 0 Å². The Kier molecular flexibility index (Phi) is 6.00. The van der Waals surface area contributed by atoms with Crippen LogP contribution in [0.1, 0.15) is 16.5 Å². The second-order valence-corrected chi connectivity index (χ2v) is 7.86. The van der Waals surface area contributed by atoms with Crippen molar-refractivity contribution in [3.05, 3.63) is 95.8 Å². The molecule has 148 valence electrons. The number of thioether (sulfide) groups is 1. The topological polar surface area (TPSA) is 41.6 Å². The zero-order valence-electron chi connectivity index (χ0n) is 15.8. The highest BCUT2D eigenvalue weighted by molar-refractivity contribution is 7.99. The molecule has 29 heavy (non-hydrogen) atoms. The molecule has 0 spiro atoms. The van der Waals surface area contributed by atoms with Crippen molar-refractivity contribution >= 4 is 23.5 Å². The van der Waals surface area contributed by atoms with Crippen molar-refractivity contribution in [3.63, 3.8) is 0 Å². The standard InChI is InChI=1S/C23H21FN2O2S/c24-20-8-4-5-9-21(20)25-23(27)26-14-15-29-22(26)18-10-12-19(13-11-18)28-16-17-6-2-1-3-7-17/h1-13,22H,14-16H2,(H,25,27)/t22-/m0/s1. The molecule has 1 aliphatic heterocycles. The number of nitrogens with zero attached hydrogens (tertiary/aromatic N) is 1. The fraction of sp³-hybridized carbons (Fsp3) is 0.174. The number of rotatable bonds is 5. The maximum atomic E-state index is 13.8. The van der Waals surface area contributed by atoms with Crippen LogP contribution in [0.15, 0.2) is 78.9 Å². The molecule has 3 aromatic carbocycles. The summed E-state index contributed by atoms with van der Waals surface area (Å²) in [4.78, 5) is 14.4. The van der Waals surface area contributed by atoms with Gasteiger partial charge in [-0.25, -0.2) is 9.18 Å². The third-order valence-corrected chi connectivity index (χ3v) is 5.94. The highest BCUT2D eigenvalue weighted by atomic mass is 32.2. The minimum absolute atomic E-state index is 0.107. The van der Waals surface area contributed by atoms with Crippen LogP contribution in [0.4, 0.5) is 14.9 Å². The van der Waals surface area contributed by atoms with Crippen LogP contribution in [0.3, 0.4) is 0 Å². The van der Waals surface area contributed by atoms with Gasteiger partial charge in [-0.15, -0.1) is 11.8 Å². The van der Waals surface area contributed by atoms with Crippen LogP contribution in [-0.4, -0.2) is 23.2 Å². The van der Waals surface area contributed by atoms with E-state index < -0.39 is 5.82 Å². The second kappa shape index (κ2) is 9.01. The van der Waals surface area contributed by atoms with Crippen molar-refractivity contribution in [1.82, 2.24) is 4.90 Å². The molecule has 1 N–H and O–H groups in total. The van der Waals surface area contributed by atoms with Gasteiger partial charge >= 0.3 is 6.03 Å². The Bertz CT molecular complexity index is 966. The first kappa shape index (κ1) is 19.3. The minimum atomic E-state index is -0.441. The molecule has 1 atom stereocenters. The fourth-order valence-electron chi connectivity index (χ4n) is 3.17. The third-order valence-electron chi connectivity index (χ3n) is 4.68. The van der Waals surface area contributed by atoms with Gasteiger partial charge in [0.1, 0.15) is 23.5 Å². The minimum Gasteiger partial charge on any atom is -0.489 e. The van der Waals surface area contributed by atoms with E-state index in [1.807, 2.05) is 54.6 Å². The maximum Gasteiger partial charge on any atom is 0.323 e. The number of halogens is 1. The number of para-hydroxylation sites is 1. The first-order valence-corrected chi connectivity index (χ1v) is 10.5. The van der Waals surface area contributed by atoms with Gasteiger partial charge < -0.3 is 15.0 Å². The van der Waals surface area contributed by atoms with Crippen LogP contribution < -0.4 is 10.1 Å². The molecule has 0 unspecified atom stereocenters. The summed E-state index contributed by atoms with van der Waals surface area (Å²) in [7, 11) is 0. The van der Waals surface area contributed by atoms with Crippen molar-refractivity contribution in [3.8, 4) is 5.75 Å². The molecular formula is C23H21FN2O2S. The van der Waals surface area contributed by atoms with E-state index in [4.69, 9.17) is 4.74 Å². The number of carbonyl (C=O) groups excluding carboxylic acids is 1. The quantitative estimate of drug-likeness (QED) is 0.590. The second-order valence-electron chi connectivity index (χ2n) is 6.67. The predicted molar refractivity (Wildman–Crippen MR) is 115 cm³/mol. The van der Waals surface area contributed by atoms with Crippen LogP contribution in [0, 0.1) is 5.82 Å². The Morgan fingerprint density at radius 2 is 1.76 bits per heavy atom. The van der Waals surface area contributed by atoms with Gasteiger partial charge in [0, 0.05) is 12.3 Å². The summed E-state index contributed by atoms with van der Waals surface area (Å²) in [6, 6.07) is 23.7. The zero-order valence-corrected chi connectivity index (χ0v) is 16.6. The molecule has 4 rings (SSSR count). The van der Waals surface area contributed by atoms with Crippen LogP contribution in [0.5, 0.6) is 5.75 Å². The number of ether oxygens (including phenoxy) is 1. The van der Waals surface area contributed by atoms with Gasteiger partial charge in [-0.2, -0.15) is 0 Å². The van der Waals surface area contributed by atoms with Crippen molar-refractivity contribution in [1.29, 1.82) is 0 Å². The first-order valence-electron chi connectivity index (χ1n) is 9.41. The lowest BCUT2D eigenvalue weighted by molar-refractivity contribution is 0.214. The highest BCUT2D eigenvalue weighted by Crippen LogP contribution is 2.38. The van der Waals surface area contributed by atoms with Crippen molar-refractivity contribution in [2.45, 2.75) is 12.0 Å². The van der Waals surface area contributed by atoms with Gasteiger partial charge in [0.15, 0.2) is 0 Å². The summed E-state index contributed by atoms with van der Waals surface area (Å²) in [6.07, 6.45) is 0. The third kappa shape index (κ3) is 4.71. The molecule has 1 fully saturated rings. The summed E-state index contributed by atoms with van der Waals surface area (Å²) in [5.74, 6) is 1.17. The molecule has 1 aliphatic rings. The van der Waals surface area contributed by atoms with Gasteiger partial charge in [0.05, 0.1) is 5.69 Å². The summed E-state index contributed by atoms with van der Waals surface area (Å²) >= 11 is 1.69. The monoisotopic (exact) mass is 408 g/mol. The molecule has 0 saturated carbocycles. The Labute approximate surface area is 173 Å². The van der Waals surface area contributed by atoms with Gasteiger partial charge in [-0.1, -0.05) is 54.6 Å². The molecule has 0 bridgehead atoms. The number of hydrogen-bond acceptors (Lipinski definition) is 3. The lowest BCUT2D eigenvalue weighted by Crippen LogP contribution is -2.34. The van der Waals surface area contributed by atoms with E-state index in [0.29, 0.717) is 13.2 Å². The van der Waals surface area contributed by atoms with E-state index in [1.54, 1.807) is 34.9 Å². The number of anilines is 1. The Balaban J connectivity index is 1.40. The average molecular weight is 408 g/mol. The highest BCUT2D eigenvalue weighted by Gasteiger charge is 2.31. The zero-order chi connectivity index (χ0) is 20.1. The molecule has 2 amide bonds. The average Bonchev–Trinajstić information content (AvgIpc) is 3.25. The number of urea groups is 1. The number of benzene rings is 3. The fourth-order valence-corrected chi connectivity index (χ4v) is 4.43. The smallest absolute Gasteiger partial charge is 0.323 e. The van der Waals surface area contributed by atoms with Gasteiger partial charge in [-0.3, -0.25) is 0 Å². The van der Waals surface area contributed by atoms with Crippen LogP contribution >= 0.6 is 11.8 Å².